The second-order valence-electron chi connectivity index (χ2n) is 8.08. The number of esters is 1. The standard InChI is InChI=1S/C23H26N2O5S/c1-25(18-8-3-2-4-9-18)31(28,29)19-13-11-17(12-14-19)24-22(26)21-15-16-7-5-6-10-20(16)23(27)30-21/h5-7,10-14,18,21H,2-4,8-9,15H2,1H3,(H,24,26)/t21-/m1/s1. The maximum atomic E-state index is 12.9. The number of nitrogens with zero attached hydrogens (tertiary/aromatic N) is 1. The van der Waals surface area contributed by atoms with Gasteiger partial charge in [-0.1, -0.05) is 37.5 Å². The van der Waals surface area contributed by atoms with Crippen LogP contribution < -0.4 is 5.32 Å². The first-order chi connectivity index (χ1) is 14.9. The molecule has 0 radical (unpaired) electrons. The van der Waals surface area contributed by atoms with Crippen LogP contribution in [-0.4, -0.2) is 43.8 Å². The smallest absolute Gasteiger partial charge is 0.339 e. The Balaban J connectivity index is 1.43. The highest BCUT2D eigenvalue weighted by molar-refractivity contribution is 7.89. The number of benzene rings is 2. The number of carbonyl (C=O) groups excluding carboxylic acids is 2. The number of carbonyl (C=O) groups is 2. The van der Waals surface area contributed by atoms with Crippen molar-refractivity contribution in [1.29, 1.82) is 0 Å². The molecule has 164 valence electrons. The Hall–Kier alpha value is -2.71. The predicted molar refractivity (Wildman–Crippen MR) is 116 cm³/mol. The first-order valence-corrected chi connectivity index (χ1v) is 12.0. The molecule has 1 saturated carbocycles. The molecule has 1 amide bonds. The van der Waals surface area contributed by atoms with Crippen LogP contribution in [0.5, 0.6) is 0 Å². The first kappa shape index (κ1) is 21.5. The topological polar surface area (TPSA) is 92.8 Å². The van der Waals surface area contributed by atoms with E-state index >= 15 is 0 Å². The van der Waals surface area contributed by atoms with Gasteiger partial charge < -0.3 is 10.1 Å². The monoisotopic (exact) mass is 442 g/mol. The van der Waals surface area contributed by atoms with Gasteiger partial charge in [-0.05, 0) is 48.7 Å². The van der Waals surface area contributed by atoms with Crippen molar-refractivity contribution in [2.24, 2.45) is 0 Å². The van der Waals surface area contributed by atoms with Crippen LogP contribution in [0.15, 0.2) is 53.4 Å². The number of rotatable bonds is 5. The lowest BCUT2D eigenvalue weighted by Crippen LogP contribution is -2.38. The molecule has 2 aromatic carbocycles. The summed E-state index contributed by atoms with van der Waals surface area (Å²) in [6.45, 7) is 0. The van der Waals surface area contributed by atoms with Crippen molar-refractivity contribution >= 4 is 27.6 Å². The lowest BCUT2D eigenvalue weighted by molar-refractivity contribution is -0.125. The lowest BCUT2D eigenvalue weighted by atomic mass is 9.96. The fraction of sp³-hybridized carbons (Fsp3) is 0.391. The Bertz CT molecular complexity index is 1080. The van der Waals surface area contributed by atoms with Crippen LogP contribution in [0.25, 0.3) is 0 Å². The number of hydrogen-bond acceptors (Lipinski definition) is 5. The summed E-state index contributed by atoms with van der Waals surface area (Å²) in [5.41, 5.74) is 1.69. The van der Waals surface area contributed by atoms with Crippen LogP contribution in [0.3, 0.4) is 0 Å². The Labute approximate surface area is 182 Å². The molecule has 4 rings (SSSR count). The van der Waals surface area contributed by atoms with Gasteiger partial charge in [0.05, 0.1) is 10.5 Å². The molecule has 0 spiro atoms. The molecular weight excluding hydrogens is 416 g/mol. The van der Waals surface area contributed by atoms with Gasteiger partial charge in [-0.25, -0.2) is 13.2 Å². The molecule has 31 heavy (non-hydrogen) atoms. The van der Waals surface area contributed by atoms with Gasteiger partial charge in [-0.15, -0.1) is 0 Å². The zero-order valence-electron chi connectivity index (χ0n) is 17.4. The number of amides is 1. The molecular formula is C23H26N2O5S. The maximum absolute atomic E-state index is 12.9. The van der Waals surface area contributed by atoms with Crippen molar-refractivity contribution < 1.29 is 22.7 Å². The molecule has 2 aromatic rings. The zero-order chi connectivity index (χ0) is 22.0. The zero-order valence-corrected chi connectivity index (χ0v) is 18.2. The molecule has 1 heterocycles. The Morgan fingerprint density at radius 2 is 1.71 bits per heavy atom. The van der Waals surface area contributed by atoms with Crippen molar-refractivity contribution in [3.63, 3.8) is 0 Å². The number of hydrogen-bond donors (Lipinski definition) is 1. The average Bonchev–Trinajstić information content (AvgIpc) is 2.79. The Morgan fingerprint density at radius 1 is 1.03 bits per heavy atom. The minimum atomic E-state index is -3.59. The first-order valence-electron chi connectivity index (χ1n) is 10.5. The Kier molecular flexibility index (Phi) is 6.11. The van der Waals surface area contributed by atoms with Crippen LogP contribution in [0.1, 0.15) is 48.0 Å². The summed E-state index contributed by atoms with van der Waals surface area (Å²) < 4.78 is 32.6. The summed E-state index contributed by atoms with van der Waals surface area (Å²) in [4.78, 5) is 24.9. The van der Waals surface area contributed by atoms with E-state index in [0.29, 0.717) is 17.7 Å². The van der Waals surface area contributed by atoms with Gasteiger partial charge >= 0.3 is 5.97 Å². The van der Waals surface area contributed by atoms with Crippen LogP contribution in [-0.2, 0) is 26.0 Å². The van der Waals surface area contributed by atoms with Gasteiger partial charge in [0.25, 0.3) is 5.91 Å². The third kappa shape index (κ3) is 4.50. The number of fused-ring (bicyclic) bond motifs is 1. The molecule has 1 N–H and O–H groups in total. The second kappa shape index (κ2) is 8.80. The molecule has 0 unspecified atom stereocenters. The normalized spacial score (nSPS) is 19.5. The van der Waals surface area contributed by atoms with E-state index in [1.807, 2.05) is 6.07 Å². The van der Waals surface area contributed by atoms with E-state index in [1.54, 1.807) is 37.4 Å². The van der Waals surface area contributed by atoms with Gasteiger partial charge in [0.1, 0.15) is 0 Å². The van der Waals surface area contributed by atoms with E-state index in [-0.39, 0.29) is 10.9 Å². The second-order valence-corrected chi connectivity index (χ2v) is 10.1. The van der Waals surface area contributed by atoms with Crippen LogP contribution in [0, 0.1) is 0 Å². The summed E-state index contributed by atoms with van der Waals surface area (Å²) in [7, 11) is -1.96. The number of sulfonamides is 1. The quantitative estimate of drug-likeness (QED) is 0.717. The van der Waals surface area contributed by atoms with Crippen LogP contribution in [0.2, 0.25) is 0 Å². The van der Waals surface area contributed by atoms with E-state index in [2.05, 4.69) is 5.32 Å². The molecule has 1 atom stereocenters. The number of cyclic esters (lactones) is 1. The highest BCUT2D eigenvalue weighted by Crippen LogP contribution is 2.27. The minimum absolute atomic E-state index is 0.0296. The van der Waals surface area contributed by atoms with Crippen molar-refractivity contribution in [3.05, 3.63) is 59.7 Å². The van der Waals surface area contributed by atoms with Crippen molar-refractivity contribution in [2.45, 2.75) is 55.6 Å². The third-order valence-electron chi connectivity index (χ3n) is 6.07. The molecule has 8 heteroatoms. The van der Waals surface area contributed by atoms with Crippen LogP contribution >= 0.6 is 0 Å². The number of nitrogens with one attached hydrogen (secondary N) is 1. The largest absolute Gasteiger partial charge is 0.448 e. The van der Waals surface area contributed by atoms with E-state index in [1.165, 1.54) is 16.4 Å². The molecule has 0 saturated heterocycles. The predicted octanol–water partition coefficient (Wildman–Crippen LogP) is 3.36. The van der Waals surface area contributed by atoms with E-state index < -0.39 is 28.0 Å². The van der Waals surface area contributed by atoms with E-state index in [4.69, 9.17) is 4.74 Å². The molecule has 1 aliphatic heterocycles. The molecule has 0 bridgehead atoms. The number of ether oxygens (including phenoxy) is 1. The molecule has 2 aliphatic rings. The van der Waals surface area contributed by atoms with E-state index in [0.717, 1.165) is 37.7 Å². The fourth-order valence-electron chi connectivity index (χ4n) is 4.22. The minimum Gasteiger partial charge on any atom is -0.448 e. The molecule has 1 aliphatic carbocycles. The maximum Gasteiger partial charge on any atom is 0.339 e. The lowest BCUT2D eigenvalue weighted by Gasteiger charge is -2.30. The summed E-state index contributed by atoms with van der Waals surface area (Å²) in [5, 5.41) is 2.71. The summed E-state index contributed by atoms with van der Waals surface area (Å²) >= 11 is 0. The Morgan fingerprint density at radius 3 is 2.42 bits per heavy atom. The molecule has 1 fully saturated rings. The third-order valence-corrected chi connectivity index (χ3v) is 8.00. The molecule has 7 nitrogen and oxygen atoms in total. The van der Waals surface area contributed by atoms with Gasteiger partial charge in [0, 0.05) is 25.2 Å². The van der Waals surface area contributed by atoms with Gasteiger partial charge in [-0.3, -0.25) is 4.79 Å². The fourth-order valence-corrected chi connectivity index (χ4v) is 5.63. The molecule has 0 aromatic heterocycles. The van der Waals surface area contributed by atoms with Crippen molar-refractivity contribution in [2.75, 3.05) is 12.4 Å². The number of anilines is 1. The summed E-state index contributed by atoms with van der Waals surface area (Å²) in [6, 6.07) is 13.2. The van der Waals surface area contributed by atoms with E-state index in [9.17, 15) is 18.0 Å². The van der Waals surface area contributed by atoms with Gasteiger partial charge in [0.2, 0.25) is 10.0 Å². The SMILES string of the molecule is CN(C1CCCCC1)S(=O)(=O)c1ccc(NC(=O)[C@H]2Cc3ccccc3C(=O)O2)cc1. The summed E-state index contributed by atoms with van der Waals surface area (Å²) in [5.74, 6) is -0.966. The highest BCUT2D eigenvalue weighted by atomic mass is 32.2. The highest BCUT2D eigenvalue weighted by Gasteiger charge is 2.32. The van der Waals surface area contributed by atoms with Gasteiger partial charge in [0.15, 0.2) is 6.10 Å². The van der Waals surface area contributed by atoms with Crippen molar-refractivity contribution in [1.82, 2.24) is 4.31 Å². The summed E-state index contributed by atoms with van der Waals surface area (Å²) in [6.07, 6.45) is 4.38. The van der Waals surface area contributed by atoms with Crippen LogP contribution in [0.4, 0.5) is 5.69 Å². The average molecular weight is 443 g/mol. The van der Waals surface area contributed by atoms with Gasteiger partial charge in [-0.2, -0.15) is 4.31 Å². The van der Waals surface area contributed by atoms with Crippen molar-refractivity contribution in [3.8, 4) is 0 Å².